The van der Waals surface area contributed by atoms with Gasteiger partial charge in [-0.1, -0.05) is 45.0 Å². The van der Waals surface area contributed by atoms with Crippen molar-refractivity contribution in [2.24, 2.45) is 0 Å². The summed E-state index contributed by atoms with van der Waals surface area (Å²) >= 11 is 0. The largest absolute Gasteiger partial charge is 0.503 e. The molecule has 0 aromatic heterocycles. The lowest BCUT2D eigenvalue weighted by Gasteiger charge is -2.28. The van der Waals surface area contributed by atoms with E-state index in [1.807, 2.05) is 43.3 Å². The lowest BCUT2D eigenvalue weighted by Crippen LogP contribution is -2.36. The predicted molar refractivity (Wildman–Crippen MR) is 98.5 cm³/mol. The first kappa shape index (κ1) is 19.2. The van der Waals surface area contributed by atoms with Crippen LogP contribution in [0, 0.1) is 0 Å². The molecule has 136 valence electrons. The van der Waals surface area contributed by atoms with Gasteiger partial charge in [0.2, 0.25) is 0 Å². The SMILES string of the molecule is CCC(=O)C1=C(O)C(=O)N(CCN(C)C)C1c1ccc(C(C)C)cc1. The Bertz CT molecular complexity index is 675. The molecular weight excluding hydrogens is 316 g/mol. The van der Waals surface area contributed by atoms with E-state index in [0.29, 0.717) is 19.0 Å². The lowest BCUT2D eigenvalue weighted by molar-refractivity contribution is -0.129. The Morgan fingerprint density at radius 2 is 1.84 bits per heavy atom. The standard InChI is InChI=1S/C20H28N2O3/c1-6-16(23)17-18(15-9-7-14(8-10-15)13(2)3)22(12-11-21(4)5)20(25)19(17)24/h7-10,13,18,24H,6,11-12H2,1-5H3. The second-order valence-electron chi connectivity index (χ2n) is 7.06. The van der Waals surface area contributed by atoms with E-state index in [9.17, 15) is 14.7 Å². The highest BCUT2D eigenvalue weighted by Crippen LogP contribution is 2.38. The molecule has 2 rings (SSSR count). The van der Waals surface area contributed by atoms with E-state index in [4.69, 9.17) is 0 Å². The summed E-state index contributed by atoms with van der Waals surface area (Å²) in [5, 5.41) is 10.3. The number of hydrogen-bond donors (Lipinski definition) is 1. The molecule has 1 aromatic carbocycles. The Balaban J connectivity index is 2.44. The van der Waals surface area contributed by atoms with Crippen LogP contribution in [-0.4, -0.2) is 53.8 Å². The molecule has 0 fully saturated rings. The number of benzene rings is 1. The van der Waals surface area contributed by atoms with Crippen molar-refractivity contribution >= 4 is 11.7 Å². The molecule has 0 saturated heterocycles. The van der Waals surface area contributed by atoms with Gasteiger partial charge in [0, 0.05) is 19.5 Å². The molecule has 0 bridgehead atoms. The van der Waals surface area contributed by atoms with Crippen molar-refractivity contribution in [1.82, 2.24) is 9.80 Å². The maximum absolute atomic E-state index is 12.6. The molecule has 0 aliphatic carbocycles. The number of rotatable bonds is 7. The highest BCUT2D eigenvalue weighted by atomic mass is 16.3. The molecule has 1 N–H and O–H groups in total. The Hall–Kier alpha value is -2.14. The third kappa shape index (κ3) is 3.93. The summed E-state index contributed by atoms with van der Waals surface area (Å²) in [6.07, 6.45) is 0.259. The number of aliphatic hydroxyl groups is 1. The van der Waals surface area contributed by atoms with E-state index in [1.165, 1.54) is 5.56 Å². The average molecular weight is 344 g/mol. The molecule has 1 aromatic rings. The molecule has 5 nitrogen and oxygen atoms in total. The van der Waals surface area contributed by atoms with Crippen molar-refractivity contribution in [2.45, 2.75) is 39.2 Å². The zero-order valence-corrected chi connectivity index (χ0v) is 15.7. The molecule has 25 heavy (non-hydrogen) atoms. The number of likely N-dealkylation sites (N-methyl/N-ethyl adjacent to an activating group) is 1. The van der Waals surface area contributed by atoms with Crippen molar-refractivity contribution in [1.29, 1.82) is 0 Å². The van der Waals surface area contributed by atoms with Gasteiger partial charge in [0.1, 0.15) is 0 Å². The highest BCUT2D eigenvalue weighted by Gasteiger charge is 2.42. The van der Waals surface area contributed by atoms with Crippen LogP contribution in [-0.2, 0) is 9.59 Å². The number of aliphatic hydroxyl groups excluding tert-OH is 1. The van der Waals surface area contributed by atoms with Gasteiger partial charge < -0.3 is 14.9 Å². The van der Waals surface area contributed by atoms with Crippen molar-refractivity contribution in [3.8, 4) is 0 Å². The van der Waals surface area contributed by atoms with Gasteiger partial charge in [0.15, 0.2) is 11.5 Å². The molecule has 1 aliphatic heterocycles. The van der Waals surface area contributed by atoms with Crippen molar-refractivity contribution in [3.63, 3.8) is 0 Å². The van der Waals surface area contributed by atoms with Gasteiger partial charge in [0.25, 0.3) is 5.91 Å². The Morgan fingerprint density at radius 1 is 1.24 bits per heavy atom. The van der Waals surface area contributed by atoms with Gasteiger partial charge >= 0.3 is 0 Å². The molecule has 0 saturated carbocycles. The quantitative estimate of drug-likeness (QED) is 0.826. The summed E-state index contributed by atoms with van der Waals surface area (Å²) in [4.78, 5) is 28.5. The first-order chi connectivity index (χ1) is 11.8. The normalized spacial score (nSPS) is 18.0. The summed E-state index contributed by atoms with van der Waals surface area (Å²) in [7, 11) is 3.86. The smallest absolute Gasteiger partial charge is 0.290 e. The zero-order valence-electron chi connectivity index (χ0n) is 15.7. The molecule has 0 spiro atoms. The monoisotopic (exact) mass is 344 g/mol. The molecule has 0 radical (unpaired) electrons. The molecule has 5 heteroatoms. The number of carbonyl (C=O) groups excluding carboxylic acids is 2. The fourth-order valence-corrected chi connectivity index (χ4v) is 3.08. The minimum absolute atomic E-state index is 0.184. The van der Waals surface area contributed by atoms with Gasteiger partial charge in [-0.25, -0.2) is 0 Å². The number of ketones is 1. The van der Waals surface area contributed by atoms with Crippen LogP contribution >= 0.6 is 0 Å². The summed E-state index contributed by atoms with van der Waals surface area (Å²) in [6.45, 7) is 7.10. The van der Waals surface area contributed by atoms with Crippen LogP contribution in [0.15, 0.2) is 35.6 Å². The second-order valence-corrected chi connectivity index (χ2v) is 7.06. The van der Waals surface area contributed by atoms with Gasteiger partial charge in [-0.15, -0.1) is 0 Å². The van der Waals surface area contributed by atoms with Crippen molar-refractivity contribution < 1.29 is 14.7 Å². The minimum atomic E-state index is -0.513. The predicted octanol–water partition coefficient (Wildman–Crippen LogP) is 3.05. The first-order valence-electron chi connectivity index (χ1n) is 8.79. The number of amides is 1. The Kier molecular flexibility index (Phi) is 6.01. The zero-order chi connectivity index (χ0) is 18.7. The maximum Gasteiger partial charge on any atom is 0.290 e. The maximum atomic E-state index is 12.6. The number of carbonyl (C=O) groups is 2. The van der Waals surface area contributed by atoms with E-state index in [-0.39, 0.29) is 17.8 Å². The van der Waals surface area contributed by atoms with Gasteiger partial charge in [-0.3, -0.25) is 9.59 Å². The van der Waals surface area contributed by atoms with Crippen LogP contribution in [0.3, 0.4) is 0 Å². The summed E-state index contributed by atoms with van der Waals surface area (Å²) in [6, 6.07) is 7.45. The fourth-order valence-electron chi connectivity index (χ4n) is 3.08. The van der Waals surface area contributed by atoms with Crippen LogP contribution < -0.4 is 0 Å². The van der Waals surface area contributed by atoms with Crippen molar-refractivity contribution in [2.75, 3.05) is 27.2 Å². The summed E-state index contributed by atoms with van der Waals surface area (Å²) in [5.41, 5.74) is 2.28. The summed E-state index contributed by atoms with van der Waals surface area (Å²) in [5.74, 6) is -0.638. The van der Waals surface area contributed by atoms with E-state index in [0.717, 1.165) is 5.56 Å². The van der Waals surface area contributed by atoms with E-state index < -0.39 is 17.7 Å². The number of Topliss-reactive ketones (excluding diaryl/α,β-unsaturated/α-hetero) is 1. The first-order valence-corrected chi connectivity index (χ1v) is 8.79. The van der Waals surface area contributed by atoms with Crippen molar-refractivity contribution in [3.05, 3.63) is 46.7 Å². The second kappa shape index (κ2) is 7.83. The molecule has 1 heterocycles. The van der Waals surface area contributed by atoms with Gasteiger partial charge in [-0.2, -0.15) is 0 Å². The third-order valence-electron chi connectivity index (χ3n) is 4.63. The van der Waals surface area contributed by atoms with E-state index in [2.05, 4.69) is 13.8 Å². The van der Waals surface area contributed by atoms with Crippen LogP contribution in [0.5, 0.6) is 0 Å². The third-order valence-corrected chi connectivity index (χ3v) is 4.63. The van der Waals surface area contributed by atoms with Gasteiger partial charge in [-0.05, 0) is 31.1 Å². The number of hydrogen-bond acceptors (Lipinski definition) is 4. The Labute approximate surface area is 149 Å². The highest BCUT2D eigenvalue weighted by molar-refractivity contribution is 6.08. The van der Waals surface area contributed by atoms with Crippen LogP contribution in [0.1, 0.15) is 50.3 Å². The van der Waals surface area contributed by atoms with E-state index >= 15 is 0 Å². The molecule has 1 aliphatic rings. The summed E-state index contributed by atoms with van der Waals surface area (Å²) < 4.78 is 0. The number of nitrogens with zero attached hydrogens (tertiary/aromatic N) is 2. The fraction of sp³-hybridized carbons (Fsp3) is 0.500. The lowest BCUT2D eigenvalue weighted by atomic mass is 9.93. The van der Waals surface area contributed by atoms with Gasteiger partial charge in [0.05, 0.1) is 11.6 Å². The molecule has 1 unspecified atom stereocenters. The Morgan fingerprint density at radius 3 is 2.32 bits per heavy atom. The van der Waals surface area contributed by atoms with Crippen LogP contribution in [0.2, 0.25) is 0 Å². The minimum Gasteiger partial charge on any atom is -0.503 e. The molecular formula is C20H28N2O3. The van der Waals surface area contributed by atoms with Crippen LogP contribution in [0.25, 0.3) is 0 Å². The molecule has 1 amide bonds. The van der Waals surface area contributed by atoms with E-state index in [1.54, 1.807) is 11.8 Å². The topological polar surface area (TPSA) is 60.9 Å². The van der Waals surface area contributed by atoms with Crippen LogP contribution in [0.4, 0.5) is 0 Å². The molecule has 1 atom stereocenters. The average Bonchev–Trinajstić information content (AvgIpc) is 2.83.